The molecule has 0 aromatic heterocycles. The molecule has 6 aliphatic rings. The standard InChI is InChI=1S/C34H24Cl2N2O4/c35-18-6-10-20(11-7-18)37-31(39)25-16-24(17-4-2-1-3-5-17)26-22-14-15-23(27(26)30(25)34(37)42)29-28(22)32(40)38(33(29)41)21-12-8-19(36)9-13-21/h1-15,22-23,25,27-30H,16H2/t22-,23-,25+,27-,28+,29+,30-/m0/s1. The van der Waals surface area contributed by atoms with Crippen molar-refractivity contribution in [1.29, 1.82) is 0 Å². The highest BCUT2D eigenvalue weighted by atomic mass is 35.5. The predicted molar refractivity (Wildman–Crippen MR) is 159 cm³/mol. The van der Waals surface area contributed by atoms with E-state index in [4.69, 9.17) is 23.2 Å². The van der Waals surface area contributed by atoms with Gasteiger partial charge in [-0.15, -0.1) is 0 Å². The third-order valence-corrected chi connectivity index (χ3v) is 10.3. The smallest absolute Gasteiger partial charge is 0.238 e. The first kappa shape index (κ1) is 25.7. The average molecular weight is 595 g/mol. The normalized spacial score (nSPS) is 31.1. The van der Waals surface area contributed by atoms with Gasteiger partial charge in [-0.05, 0) is 72.0 Å². The second-order valence-electron chi connectivity index (χ2n) is 11.7. The molecule has 2 bridgehead atoms. The molecule has 4 amide bonds. The minimum absolute atomic E-state index is 0.233. The first-order chi connectivity index (χ1) is 20.3. The molecule has 3 aromatic carbocycles. The fourth-order valence-corrected chi connectivity index (χ4v) is 8.46. The van der Waals surface area contributed by atoms with Crippen LogP contribution in [0.15, 0.2) is 96.6 Å². The van der Waals surface area contributed by atoms with Crippen molar-refractivity contribution in [3.8, 4) is 0 Å². The van der Waals surface area contributed by atoms with Crippen LogP contribution in [-0.4, -0.2) is 23.6 Å². The predicted octanol–water partition coefficient (Wildman–Crippen LogP) is 6.19. The second kappa shape index (κ2) is 9.25. The Hall–Kier alpha value is -4.00. The highest BCUT2D eigenvalue weighted by molar-refractivity contribution is 6.31. The molecule has 42 heavy (non-hydrogen) atoms. The summed E-state index contributed by atoms with van der Waals surface area (Å²) in [4.78, 5) is 58.9. The lowest BCUT2D eigenvalue weighted by Crippen LogP contribution is -2.51. The van der Waals surface area contributed by atoms with Gasteiger partial charge < -0.3 is 0 Å². The molecule has 6 nitrogen and oxygen atoms in total. The summed E-state index contributed by atoms with van der Waals surface area (Å²) in [5, 5.41) is 1.03. The third kappa shape index (κ3) is 3.45. The van der Waals surface area contributed by atoms with Gasteiger partial charge in [-0.3, -0.25) is 29.0 Å². The van der Waals surface area contributed by atoms with Crippen molar-refractivity contribution in [2.45, 2.75) is 6.42 Å². The fourth-order valence-electron chi connectivity index (χ4n) is 8.21. The van der Waals surface area contributed by atoms with Crippen LogP contribution in [0.5, 0.6) is 0 Å². The molecule has 0 unspecified atom stereocenters. The van der Waals surface area contributed by atoms with E-state index in [1.807, 2.05) is 36.4 Å². The van der Waals surface area contributed by atoms with Crippen LogP contribution in [0.3, 0.4) is 0 Å². The highest BCUT2D eigenvalue weighted by Gasteiger charge is 2.67. The topological polar surface area (TPSA) is 74.8 Å². The summed E-state index contributed by atoms with van der Waals surface area (Å²) in [5.74, 6) is -4.47. The number of benzene rings is 3. The first-order valence-corrected chi connectivity index (χ1v) is 14.8. The van der Waals surface area contributed by atoms with Crippen LogP contribution in [0, 0.1) is 41.4 Å². The number of anilines is 2. The zero-order valence-corrected chi connectivity index (χ0v) is 23.7. The van der Waals surface area contributed by atoms with E-state index in [0.717, 1.165) is 16.7 Å². The van der Waals surface area contributed by atoms with Gasteiger partial charge in [-0.2, -0.15) is 0 Å². The van der Waals surface area contributed by atoms with Crippen LogP contribution in [0.2, 0.25) is 10.0 Å². The van der Waals surface area contributed by atoms with Gasteiger partial charge in [0.25, 0.3) is 0 Å². The number of nitrogens with zero attached hydrogens (tertiary/aromatic N) is 2. The first-order valence-electron chi connectivity index (χ1n) is 14.1. The van der Waals surface area contributed by atoms with Gasteiger partial charge in [0.2, 0.25) is 23.6 Å². The van der Waals surface area contributed by atoms with Crippen LogP contribution in [0.4, 0.5) is 11.4 Å². The minimum atomic E-state index is -0.624. The largest absolute Gasteiger partial charge is 0.274 e. The Morgan fingerprint density at radius 2 is 1.12 bits per heavy atom. The molecular weight excluding hydrogens is 571 g/mol. The Kier molecular flexibility index (Phi) is 5.66. The lowest BCUT2D eigenvalue weighted by molar-refractivity contribution is -0.129. The van der Waals surface area contributed by atoms with E-state index in [9.17, 15) is 19.2 Å². The Morgan fingerprint density at radius 1 is 0.571 bits per heavy atom. The summed E-state index contributed by atoms with van der Waals surface area (Å²) in [7, 11) is 0. The van der Waals surface area contributed by atoms with Crippen molar-refractivity contribution in [2.75, 3.05) is 9.80 Å². The maximum absolute atomic E-state index is 14.2. The maximum atomic E-state index is 14.2. The molecule has 2 saturated heterocycles. The van der Waals surface area contributed by atoms with Crippen molar-refractivity contribution in [3.63, 3.8) is 0 Å². The highest BCUT2D eigenvalue weighted by Crippen LogP contribution is 2.63. The number of halogens is 2. The van der Waals surface area contributed by atoms with E-state index >= 15 is 0 Å². The van der Waals surface area contributed by atoms with Gasteiger partial charge in [-0.25, -0.2) is 0 Å². The molecular formula is C34H24Cl2N2O4. The minimum Gasteiger partial charge on any atom is -0.274 e. The number of carbonyl (C=O) groups excluding carboxylic acids is 4. The number of rotatable bonds is 3. The number of hydrogen-bond acceptors (Lipinski definition) is 4. The molecule has 2 heterocycles. The maximum Gasteiger partial charge on any atom is 0.238 e. The number of imide groups is 2. The molecule has 208 valence electrons. The van der Waals surface area contributed by atoms with Crippen LogP contribution in [-0.2, 0) is 19.2 Å². The number of amides is 4. The van der Waals surface area contributed by atoms with E-state index < -0.39 is 29.6 Å². The molecule has 0 spiro atoms. The number of fused-ring (bicyclic) bond motifs is 1. The van der Waals surface area contributed by atoms with Crippen molar-refractivity contribution in [2.24, 2.45) is 41.4 Å². The number of allylic oxidation sites excluding steroid dienone is 4. The summed E-state index contributed by atoms with van der Waals surface area (Å²) < 4.78 is 0. The Labute approximate surface area is 252 Å². The van der Waals surface area contributed by atoms with Crippen LogP contribution >= 0.6 is 23.2 Å². The lowest BCUT2D eigenvalue weighted by atomic mass is 9.49. The van der Waals surface area contributed by atoms with Gasteiger partial charge in [0.1, 0.15) is 0 Å². The third-order valence-electron chi connectivity index (χ3n) is 9.80. The molecule has 0 N–H and O–H groups in total. The molecule has 7 atom stereocenters. The molecule has 8 heteroatoms. The molecule has 2 aliphatic heterocycles. The lowest BCUT2D eigenvalue weighted by Gasteiger charge is -2.51. The molecule has 0 radical (unpaired) electrons. The molecule has 3 fully saturated rings. The van der Waals surface area contributed by atoms with E-state index in [1.165, 1.54) is 9.80 Å². The Bertz CT molecular complexity index is 1750. The zero-order valence-electron chi connectivity index (χ0n) is 22.2. The van der Waals surface area contributed by atoms with Gasteiger partial charge >= 0.3 is 0 Å². The van der Waals surface area contributed by atoms with Crippen molar-refractivity contribution in [3.05, 3.63) is 112 Å². The summed E-state index contributed by atoms with van der Waals surface area (Å²) in [6.45, 7) is 0. The Morgan fingerprint density at radius 3 is 1.74 bits per heavy atom. The van der Waals surface area contributed by atoms with E-state index in [1.54, 1.807) is 48.5 Å². The van der Waals surface area contributed by atoms with Gasteiger partial charge in [0.05, 0.1) is 35.0 Å². The van der Waals surface area contributed by atoms with Crippen LogP contribution in [0.25, 0.3) is 5.57 Å². The second-order valence-corrected chi connectivity index (χ2v) is 12.6. The van der Waals surface area contributed by atoms with E-state index in [0.29, 0.717) is 27.8 Å². The molecule has 3 aromatic rings. The van der Waals surface area contributed by atoms with Crippen molar-refractivity contribution in [1.82, 2.24) is 0 Å². The number of carbonyl (C=O) groups is 4. The quantitative estimate of drug-likeness (QED) is 0.267. The summed E-state index contributed by atoms with van der Waals surface area (Å²) in [5.41, 5.74) is 3.98. The molecule has 1 saturated carbocycles. The van der Waals surface area contributed by atoms with Crippen LogP contribution in [0.1, 0.15) is 12.0 Å². The monoisotopic (exact) mass is 594 g/mol. The molecule has 9 rings (SSSR count). The van der Waals surface area contributed by atoms with Crippen LogP contribution < -0.4 is 9.80 Å². The fraction of sp³-hybridized carbons (Fsp3) is 0.235. The SMILES string of the molecule is O=C1[C@@H]2[C@H]3C=C[C@@H](C4=C(c5ccccc5)C[C@H]5C(=O)N(c6ccc(Cl)cc6)C(=O)[C@@H]5[C@H]43)[C@H]2C(=O)N1c1ccc(Cl)cc1. The summed E-state index contributed by atoms with van der Waals surface area (Å²) in [6.07, 6.45) is 4.46. The molecule has 4 aliphatic carbocycles. The summed E-state index contributed by atoms with van der Waals surface area (Å²) in [6, 6.07) is 23.3. The number of hydrogen-bond donors (Lipinski definition) is 0. The van der Waals surface area contributed by atoms with E-state index in [-0.39, 0.29) is 35.5 Å². The average Bonchev–Trinajstić information content (AvgIpc) is 3.43. The van der Waals surface area contributed by atoms with Crippen molar-refractivity contribution >= 4 is 63.8 Å². The van der Waals surface area contributed by atoms with Gasteiger partial charge in [0, 0.05) is 21.9 Å². The summed E-state index contributed by atoms with van der Waals surface area (Å²) >= 11 is 12.2. The van der Waals surface area contributed by atoms with Gasteiger partial charge in [-0.1, -0.05) is 71.3 Å². The Balaban J connectivity index is 1.28. The van der Waals surface area contributed by atoms with E-state index in [2.05, 4.69) is 6.08 Å². The van der Waals surface area contributed by atoms with Gasteiger partial charge in [0.15, 0.2) is 0 Å². The van der Waals surface area contributed by atoms with Crippen molar-refractivity contribution < 1.29 is 19.2 Å². The zero-order chi connectivity index (χ0) is 28.9.